The second kappa shape index (κ2) is 7.28. The molecule has 110 valence electrons. The van der Waals surface area contributed by atoms with Crippen molar-refractivity contribution in [1.82, 2.24) is 10.9 Å². The summed E-state index contributed by atoms with van der Waals surface area (Å²) in [6.07, 6.45) is 6.37. The molecule has 20 heavy (non-hydrogen) atoms. The summed E-state index contributed by atoms with van der Waals surface area (Å²) >= 11 is 1.53. The Morgan fingerprint density at radius 3 is 2.70 bits per heavy atom. The topological polar surface area (TPSA) is 67.4 Å². The van der Waals surface area contributed by atoms with E-state index in [4.69, 9.17) is 0 Å². The van der Waals surface area contributed by atoms with Crippen LogP contribution in [0.3, 0.4) is 0 Å². The molecule has 0 fully saturated rings. The lowest BCUT2D eigenvalue weighted by Gasteiger charge is -2.07. The van der Waals surface area contributed by atoms with E-state index in [1.165, 1.54) is 47.5 Å². The zero-order valence-corrected chi connectivity index (χ0v) is 12.5. The lowest BCUT2D eigenvalue weighted by atomic mass is 10.00. The highest BCUT2D eigenvalue weighted by Gasteiger charge is 2.16. The molecule has 0 radical (unpaired) electrons. The molecule has 2 amide bonds. The van der Waals surface area contributed by atoms with Crippen LogP contribution < -0.4 is 10.9 Å². The van der Waals surface area contributed by atoms with Gasteiger partial charge in [0.1, 0.15) is 0 Å². The molecule has 5 nitrogen and oxygen atoms in total. The van der Waals surface area contributed by atoms with Gasteiger partial charge in [-0.15, -0.1) is 11.3 Å². The van der Waals surface area contributed by atoms with Crippen LogP contribution in [0.25, 0.3) is 0 Å². The van der Waals surface area contributed by atoms with E-state index in [0.717, 1.165) is 12.8 Å². The summed E-state index contributed by atoms with van der Waals surface area (Å²) in [7, 11) is 0. The summed E-state index contributed by atoms with van der Waals surface area (Å²) in [5, 5.41) is 0. The third-order valence-corrected chi connectivity index (χ3v) is 4.51. The Balaban J connectivity index is 1.96. The number of hydrogen-bond donors (Lipinski definition) is 2. The number of amides is 2. The molecule has 1 aliphatic carbocycles. The summed E-state index contributed by atoms with van der Waals surface area (Å²) in [5.74, 6) is -0.283. The number of nitrogens with one attached hydrogen (secondary N) is 2. The summed E-state index contributed by atoms with van der Waals surface area (Å²) in [5.41, 5.74) is 5.89. The summed E-state index contributed by atoms with van der Waals surface area (Å²) in [4.78, 5) is 25.0. The van der Waals surface area contributed by atoms with Crippen molar-refractivity contribution >= 4 is 23.3 Å². The predicted molar refractivity (Wildman–Crippen MR) is 77.8 cm³/mol. The number of fused-ring (bicyclic) bond motifs is 1. The first-order valence-electron chi connectivity index (χ1n) is 7.05. The molecule has 1 aliphatic rings. The Morgan fingerprint density at radius 2 is 1.95 bits per heavy atom. The van der Waals surface area contributed by atoms with Crippen LogP contribution in [0.5, 0.6) is 0 Å². The van der Waals surface area contributed by atoms with Gasteiger partial charge < -0.3 is 4.74 Å². The molecule has 0 aliphatic heterocycles. The number of ether oxygens (including phenoxy) is 1. The van der Waals surface area contributed by atoms with Crippen LogP contribution in [0.2, 0.25) is 0 Å². The molecule has 6 heteroatoms. The largest absolute Gasteiger partial charge is 0.449 e. The molecular formula is C14H20N2O3S. The second-order valence-corrected chi connectivity index (χ2v) is 5.91. The maximum atomic E-state index is 12.0. The second-order valence-electron chi connectivity index (χ2n) is 4.77. The van der Waals surface area contributed by atoms with Gasteiger partial charge in [-0.2, -0.15) is 0 Å². The Kier molecular flexibility index (Phi) is 5.40. The number of carbonyl (C=O) groups excluding carboxylic acids is 2. The summed E-state index contributed by atoms with van der Waals surface area (Å²) in [6.45, 7) is 1.98. The number of carbonyl (C=O) groups is 2. The molecule has 0 saturated carbocycles. The molecule has 0 atom stereocenters. The van der Waals surface area contributed by atoms with Crippen LogP contribution in [0.15, 0.2) is 6.07 Å². The molecule has 1 aromatic rings. The fraction of sp³-hybridized carbons (Fsp3) is 0.571. The number of hydrazine groups is 1. The third kappa shape index (κ3) is 3.96. The van der Waals surface area contributed by atoms with Crippen LogP contribution in [-0.4, -0.2) is 18.6 Å². The Morgan fingerprint density at radius 1 is 1.20 bits per heavy atom. The van der Waals surface area contributed by atoms with E-state index in [2.05, 4.69) is 15.6 Å². The smallest absolute Gasteiger partial charge is 0.426 e. The average molecular weight is 296 g/mol. The van der Waals surface area contributed by atoms with Gasteiger partial charge in [-0.1, -0.05) is 12.8 Å². The maximum Gasteiger partial charge on any atom is 0.426 e. The van der Waals surface area contributed by atoms with Gasteiger partial charge in [0.15, 0.2) is 0 Å². The molecule has 0 saturated heterocycles. The zero-order chi connectivity index (χ0) is 14.4. The van der Waals surface area contributed by atoms with E-state index >= 15 is 0 Å². The first-order valence-corrected chi connectivity index (χ1v) is 7.87. The number of hydrogen-bond acceptors (Lipinski definition) is 4. The van der Waals surface area contributed by atoms with Crippen molar-refractivity contribution in [3.05, 3.63) is 21.4 Å². The highest BCUT2D eigenvalue weighted by atomic mass is 32.1. The van der Waals surface area contributed by atoms with Crippen molar-refractivity contribution < 1.29 is 14.3 Å². The van der Waals surface area contributed by atoms with Crippen molar-refractivity contribution in [2.24, 2.45) is 0 Å². The van der Waals surface area contributed by atoms with E-state index in [9.17, 15) is 9.59 Å². The van der Waals surface area contributed by atoms with Gasteiger partial charge >= 0.3 is 6.09 Å². The van der Waals surface area contributed by atoms with Gasteiger partial charge in [0.05, 0.1) is 11.5 Å². The average Bonchev–Trinajstić information content (AvgIpc) is 2.79. The fourth-order valence-corrected chi connectivity index (χ4v) is 3.44. The quantitative estimate of drug-likeness (QED) is 0.825. The van der Waals surface area contributed by atoms with Crippen molar-refractivity contribution in [2.75, 3.05) is 6.61 Å². The Labute approximate surface area is 122 Å². The molecular weight excluding hydrogens is 276 g/mol. The maximum absolute atomic E-state index is 12.0. The number of thiophene rings is 1. The van der Waals surface area contributed by atoms with Crippen molar-refractivity contribution in [2.45, 2.75) is 45.4 Å². The van der Waals surface area contributed by atoms with Crippen LogP contribution in [0, 0.1) is 0 Å². The molecule has 2 rings (SSSR count). The molecule has 1 heterocycles. The minimum atomic E-state index is -0.643. The summed E-state index contributed by atoms with van der Waals surface area (Å²) in [6, 6.07) is 1.95. The zero-order valence-electron chi connectivity index (χ0n) is 11.7. The van der Waals surface area contributed by atoms with E-state index < -0.39 is 6.09 Å². The minimum Gasteiger partial charge on any atom is -0.449 e. The first-order chi connectivity index (χ1) is 9.70. The lowest BCUT2D eigenvalue weighted by Crippen LogP contribution is -2.41. The van der Waals surface area contributed by atoms with Crippen molar-refractivity contribution in [1.29, 1.82) is 0 Å². The predicted octanol–water partition coefficient (Wildman–Crippen LogP) is 2.80. The molecule has 0 unspecified atom stereocenters. The fourth-order valence-electron chi connectivity index (χ4n) is 2.29. The van der Waals surface area contributed by atoms with Crippen molar-refractivity contribution in [3.8, 4) is 0 Å². The molecule has 1 aromatic heterocycles. The van der Waals surface area contributed by atoms with Gasteiger partial charge in [0, 0.05) is 4.88 Å². The van der Waals surface area contributed by atoms with E-state index in [1.807, 2.05) is 6.07 Å². The Hall–Kier alpha value is -1.56. The standard InChI is InChI=1S/C14H20N2O3S/c1-2-19-14(18)16-15-13(17)12-9-10-7-5-3-4-6-8-11(10)20-12/h9H,2-8H2,1H3,(H,15,17)(H,16,18). The van der Waals surface area contributed by atoms with Gasteiger partial charge in [0.25, 0.3) is 5.91 Å². The third-order valence-electron chi connectivity index (χ3n) is 3.27. The summed E-state index contributed by atoms with van der Waals surface area (Å²) < 4.78 is 4.68. The molecule has 0 spiro atoms. The van der Waals surface area contributed by atoms with Gasteiger partial charge in [0.2, 0.25) is 0 Å². The first kappa shape index (κ1) is 14.8. The number of aryl methyl sites for hydroxylation is 2. The normalized spacial score (nSPS) is 14.7. The molecule has 2 N–H and O–H groups in total. The van der Waals surface area contributed by atoms with Crippen molar-refractivity contribution in [3.63, 3.8) is 0 Å². The highest BCUT2D eigenvalue weighted by molar-refractivity contribution is 7.14. The van der Waals surface area contributed by atoms with Gasteiger partial charge in [-0.25, -0.2) is 10.2 Å². The lowest BCUT2D eigenvalue weighted by molar-refractivity contribution is 0.0916. The molecule has 0 aromatic carbocycles. The van der Waals surface area contributed by atoms with Crippen LogP contribution >= 0.6 is 11.3 Å². The Bertz CT molecular complexity index is 459. The minimum absolute atomic E-state index is 0.273. The highest BCUT2D eigenvalue weighted by Crippen LogP contribution is 2.28. The van der Waals surface area contributed by atoms with E-state index in [0.29, 0.717) is 4.88 Å². The monoisotopic (exact) mass is 296 g/mol. The molecule has 0 bridgehead atoms. The van der Waals surface area contributed by atoms with Crippen LogP contribution in [-0.2, 0) is 17.6 Å². The van der Waals surface area contributed by atoms with Gasteiger partial charge in [-0.05, 0) is 44.2 Å². The van der Waals surface area contributed by atoms with Crippen LogP contribution in [0.1, 0.15) is 52.7 Å². The van der Waals surface area contributed by atoms with Gasteiger partial charge in [-0.3, -0.25) is 10.2 Å². The van der Waals surface area contributed by atoms with E-state index in [-0.39, 0.29) is 12.5 Å². The SMILES string of the molecule is CCOC(=O)NNC(=O)c1cc2c(s1)CCCCCC2. The number of rotatable bonds is 2. The van der Waals surface area contributed by atoms with Crippen LogP contribution in [0.4, 0.5) is 4.79 Å². The van der Waals surface area contributed by atoms with E-state index in [1.54, 1.807) is 6.92 Å².